The molecule has 0 N–H and O–H groups in total. The standard InChI is InChI=1S/C17H20BrF3O2/c1-2-3-8-23-15(22)16(6-4-5-7-16)12-9-13(17(19,20)21)11-14(18)10-12/h9-11H,2-8H2,1H3. The average molecular weight is 393 g/mol. The first-order valence-corrected chi connectivity index (χ1v) is 8.64. The Labute approximate surface area is 142 Å². The average Bonchev–Trinajstić information content (AvgIpc) is 2.96. The number of carbonyl (C=O) groups is 1. The molecule has 0 heterocycles. The van der Waals surface area contributed by atoms with Gasteiger partial charge in [0, 0.05) is 4.47 Å². The molecule has 1 aromatic rings. The van der Waals surface area contributed by atoms with Crippen LogP contribution in [0.25, 0.3) is 0 Å². The zero-order valence-corrected chi connectivity index (χ0v) is 14.6. The predicted octanol–water partition coefficient (Wildman–Crippen LogP) is 5.62. The second-order valence-corrected chi connectivity index (χ2v) is 6.92. The number of unbranched alkanes of at least 4 members (excludes halogenated alkanes) is 1. The molecule has 1 saturated carbocycles. The molecule has 1 fully saturated rings. The fourth-order valence-electron chi connectivity index (χ4n) is 3.07. The van der Waals surface area contributed by atoms with Crippen LogP contribution in [0.1, 0.15) is 56.6 Å². The van der Waals surface area contributed by atoms with E-state index in [0.717, 1.165) is 37.8 Å². The van der Waals surface area contributed by atoms with E-state index in [1.54, 1.807) is 6.07 Å². The lowest BCUT2D eigenvalue weighted by Crippen LogP contribution is -2.35. The van der Waals surface area contributed by atoms with Crippen LogP contribution in [0.2, 0.25) is 0 Å². The summed E-state index contributed by atoms with van der Waals surface area (Å²) in [5, 5.41) is 0. The summed E-state index contributed by atoms with van der Waals surface area (Å²) in [4.78, 5) is 12.6. The number of carbonyl (C=O) groups excluding carboxylic acids is 1. The number of benzene rings is 1. The van der Waals surface area contributed by atoms with E-state index in [9.17, 15) is 18.0 Å². The van der Waals surface area contributed by atoms with Crippen molar-refractivity contribution in [3.63, 3.8) is 0 Å². The van der Waals surface area contributed by atoms with Gasteiger partial charge in [0.25, 0.3) is 0 Å². The number of hydrogen-bond acceptors (Lipinski definition) is 2. The molecule has 0 atom stereocenters. The maximum absolute atomic E-state index is 13.1. The van der Waals surface area contributed by atoms with Crippen molar-refractivity contribution in [2.24, 2.45) is 0 Å². The van der Waals surface area contributed by atoms with Gasteiger partial charge in [0.15, 0.2) is 0 Å². The van der Waals surface area contributed by atoms with Crippen LogP contribution in [0.3, 0.4) is 0 Å². The summed E-state index contributed by atoms with van der Waals surface area (Å²) in [7, 11) is 0. The first kappa shape index (κ1) is 18.3. The Hall–Kier alpha value is -1.04. The van der Waals surface area contributed by atoms with E-state index >= 15 is 0 Å². The molecular weight excluding hydrogens is 373 g/mol. The van der Waals surface area contributed by atoms with Crippen molar-refractivity contribution in [2.75, 3.05) is 6.61 Å². The van der Waals surface area contributed by atoms with Crippen LogP contribution < -0.4 is 0 Å². The van der Waals surface area contributed by atoms with Crippen molar-refractivity contribution < 1.29 is 22.7 Å². The second kappa shape index (κ2) is 7.24. The van der Waals surface area contributed by atoms with E-state index in [1.807, 2.05) is 6.92 Å². The van der Waals surface area contributed by atoms with Crippen LogP contribution in [0.15, 0.2) is 22.7 Å². The smallest absolute Gasteiger partial charge is 0.416 e. The largest absolute Gasteiger partial charge is 0.465 e. The Morgan fingerprint density at radius 1 is 1.26 bits per heavy atom. The predicted molar refractivity (Wildman–Crippen MR) is 85.2 cm³/mol. The molecule has 0 aromatic heterocycles. The summed E-state index contributed by atoms with van der Waals surface area (Å²) in [6, 6.07) is 3.74. The van der Waals surface area contributed by atoms with Crippen molar-refractivity contribution in [3.8, 4) is 0 Å². The van der Waals surface area contributed by atoms with Gasteiger partial charge in [-0.1, -0.05) is 42.1 Å². The first-order valence-electron chi connectivity index (χ1n) is 7.85. The molecule has 1 aliphatic rings. The Balaban J connectivity index is 2.38. The summed E-state index contributed by atoms with van der Waals surface area (Å²) in [5.41, 5.74) is -1.29. The molecule has 1 aliphatic carbocycles. The van der Waals surface area contributed by atoms with Gasteiger partial charge in [-0.05, 0) is 43.0 Å². The number of hydrogen-bond donors (Lipinski definition) is 0. The zero-order valence-electron chi connectivity index (χ0n) is 13.0. The van der Waals surface area contributed by atoms with Gasteiger partial charge >= 0.3 is 12.1 Å². The lowest BCUT2D eigenvalue weighted by atomic mass is 9.78. The van der Waals surface area contributed by atoms with Crippen LogP contribution in [0.5, 0.6) is 0 Å². The van der Waals surface area contributed by atoms with Crippen molar-refractivity contribution >= 4 is 21.9 Å². The lowest BCUT2D eigenvalue weighted by Gasteiger charge is -2.28. The molecule has 2 rings (SSSR count). The van der Waals surface area contributed by atoms with Crippen LogP contribution in [0, 0.1) is 0 Å². The molecule has 0 bridgehead atoms. The van der Waals surface area contributed by atoms with E-state index in [2.05, 4.69) is 15.9 Å². The number of esters is 1. The van der Waals surface area contributed by atoms with Gasteiger partial charge in [-0.25, -0.2) is 0 Å². The first-order chi connectivity index (χ1) is 10.8. The maximum Gasteiger partial charge on any atom is 0.416 e. The summed E-state index contributed by atoms with van der Waals surface area (Å²) in [6.45, 7) is 2.31. The molecular formula is C17H20BrF3O2. The molecule has 0 saturated heterocycles. The fraction of sp³-hybridized carbons (Fsp3) is 0.588. The molecule has 0 unspecified atom stereocenters. The Morgan fingerprint density at radius 3 is 2.48 bits per heavy atom. The minimum Gasteiger partial charge on any atom is -0.465 e. The normalized spacial score (nSPS) is 17.3. The van der Waals surface area contributed by atoms with Crippen LogP contribution in [-0.2, 0) is 21.1 Å². The third kappa shape index (κ3) is 4.08. The SMILES string of the molecule is CCCCOC(=O)C1(c2cc(Br)cc(C(F)(F)F)c2)CCCC1. The Kier molecular flexibility index (Phi) is 5.76. The van der Waals surface area contributed by atoms with Crippen molar-refractivity contribution in [2.45, 2.75) is 57.0 Å². The van der Waals surface area contributed by atoms with Crippen LogP contribution in [-0.4, -0.2) is 12.6 Å². The minimum absolute atomic E-state index is 0.317. The highest BCUT2D eigenvalue weighted by molar-refractivity contribution is 9.10. The number of alkyl halides is 3. The molecule has 0 spiro atoms. The minimum atomic E-state index is -4.44. The highest BCUT2D eigenvalue weighted by Gasteiger charge is 2.45. The van der Waals surface area contributed by atoms with Gasteiger partial charge in [0.2, 0.25) is 0 Å². The number of halogens is 4. The van der Waals surface area contributed by atoms with Gasteiger partial charge < -0.3 is 4.74 Å². The summed E-state index contributed by atoms with van der Waals surface area (Å²) >= 11 is 3.14. The summed E-state index contributed by atoms with van der Waals surface area (Å²) < 4.78 is 44.9. The molecule has 2 nitrogen and oxygen atoms in total. The molecule has 0 radical (unpaired) electrons. The van der Waals surface area contributed by atoms with Crippen molar-refractivity contribution in [3.05, 3.63) is 33.8 Å². The highest BCUT2D eigenvalue weighted by Crippen LogP contribution is 2.44. The van der Waals surface area contributed by atoms with Crippen molar-refractivity contribution in [1.29, 1.82) is 0 Å². The third-order valence-corrected chi connectivity index (χ3v) is 4.81. The van der Waals surface area contributed by atoms with Crippen molar-refractivity contribution in [1.82, 2.24) is 0 Å². The highest BCUT2D eigenvalue weighted by atomic mass is 79.9. The van der Waals surface area contributed by atoms with Crippen LogP contribution in [0.4, 0.5) is 13.2 Å². The van der Waals surface area contributed by atoms with E-state index in [-0.39, 0.29) is 0 Å². The Morgan fingerprint density at radius 2 is 1.91 bits per heavy atom. The number of rotatable bonds is 5. The molecule has 1 aromatic carbocycles. The molecule has 128 valence electrons. The van der Waals surface area contributed by atoms with Gasteiger partial charge in [-0.2, -0.15) is 13.2 Å². The van der Waals surface area contributed by atoms with Crippen LogP contribution >= 0.6 is 15.9 Å². The van der Waals surface area contributed by atoms with Gasteiger partial charge in [0.1, 0.15) is 0 Å². The number of ether oxygens (including phenoxy) is 1. The fourth-order valence-corrected chi connectivity index (χ4v) is 3.56. The van der Waals surface area contributed by atoms with Gasteiger partial charge in [0.05, 0.1) is 17.6 Å². The summed E-state index contributed by atoms with van der Waals surface area (Å²) in [6.07, 6.45) is -0.0845. The van der Waals surface area contributed by atoms with Gasteiger partial charge in [-0.3, -0.25) is 4.79 Å². The maximum atomic E-state index is 13.1. The molecule has 6 heteroatoms. The van der Waals surface area contributed by atoms with E-state index in [0.29, 0.717) is 29.5 Å². The lowest BCUT2D eigenvalue weighted by molar-refractivity contribution is -0.151. The van der Waals surface area contributed by atoms with Gasteiger partial charge in [-0.15, -0.1) is 0 Å². The quantitative estimate of drug-likeness (QED) is 0.479. The monoisotopic (exact) mass is 392 g/mol. The van der Waals surface area contributed by atoms with E-state index in [4.69, 9.17) is 4.74 Å². The topological polar surface area (TPSA) is 26.3 Å². The molecule has 23 heavy (non-hydrogen) atoms. The second-order valence-electron chi connectivity index (χ2n) is 6.01. The molecule has 0 amide bonds. The summed E-state index contributed by atoms with van der Waals surface area (Å²) in [5.74, 6) is -0.394. The molecule has 0 aliphatic heterocycles. The Bertz CT molecular complexity index is 563. The van der Waals surface area contributed by atoms with E-state index in [1.165, 1.54) is 0 Å². The zero-order chi connectivity index (χ0) is 17.1. The third-order valence-electron chi connectivity index (χ3n) is 4.36. The van der Waals surface area contributed by atoms with E-state index < -0.39 is 23.1 Å².